The SMILES string of the molecule is CCCS(=O)(=O)N1CCCC(C(=O)Nc2cc(S(C)(=O)=O)ccc2C)C1. The summed E-state index contributed by atoms with van der Waals surface area (Å²) in [5.74, 6) is -0.650. The Morgan fingerprint density at radius 1 is 1.27 bits per heavy atom. The predicted molar refractivity (Wildman–Crippen MR) is 101 cm³/mol. The lowest BCUT2D eigenvalue weighted by Crippen LogP contribution is -2.44. The number of carbonyl (C=O) groups excluding carboxylic acids is 1. The monoisotopic (exact) mass is 402 g/mol. The van der Waals surface area contributed by atoms with E-state index in [1.165, 1.54) is 16.4 Å². The van der Waals surface area contributed by atoms with E-state index in [2.05, 4.69) is 5.32 Å². The minimum atomic E-state index is -3.38. The smallest absolute Gasteiger partial charge is 0.228 e. The molecule has 1 heterocycles. The van der Waals surface area contributed by atoms with Crippen LogP contribution in [0.15, 0.2) is 23.1 Å². The van der Waals surface area contributed by atoms with Crippen LogP contribution >= 0.6 is 0 Å². The second-order valence-electron chi connectivity index (χ2n) is 6.75. The van der Waals surface area contributed by atoms with Crippen molar-refractivity contribution in [2.45, 2.75) is 38.0 Å². The van der Waals surface area contributed by atoms with E-state index in [1.807, 2.05) is 6.92 Å². The topological polar surface area (TPSA) is 101 Å². The molecule has 1 unspecified atom stereocenters. The maximum absolute atomic E-state index is 12.6. The third-order valence-corrected chi connectivity index (χ3v) is 7.66. The third-order valence-electron chi connectivity index (χ3n) is 4.51. The summed E-state index contributed by atoms with van der Waals surface area (Å²) < 4.78 is 49.3. The Labute approximate surface area is 155 Å². The van der Waals surface area contributed by atoms with Gasteiger partial charge >= 0.3 is 0 Å². The Hall–Kier alpha value is -1.45. The predicted octanol–water partition coefficient (Wildman–Crippen LogP) is 1.79. The molecule has 1 aliphatic rings. The molecule has 1 aromatic rings. The van der Waals surface area contributed by atoms with Gasteiger partial charge in [0, 0.05) is 25.0 Å². The third kappa shape index (κ3) is 5.05. The second-order valence-corrected chi connectivity index (χ2v) is 10.9. The highest BCUT2D eigenvalue weighted by Crippen LogP contribution is 2.24. The molecular formula is C17H26N2O5S2. The van der Waals surface area contributed by atoms with Crippen molar-refractivity contribution in [2.24, 2.45) is 5.92 Å². The lowest BCUT2D eigenvalue weighted by atomic mass is 9.98. The number of nitrogens with zero attached hydrogens (tertiary/aromatic N) is 1. The first-order valence-electron chi connectivity index (χ1n) is 8.64. The van der Waals surface area contributed by atoms with Gasteiger partial charge < -0.3 is 5.32 Å². The van der Waals surface area contributed by atoms with Crippen molar-refractivity contribution in [1.29, 1.82) is 0 Å². The number of benzene rings is 1. The summed E-state index contributed by atoms with van der Waals surface area (Å²) in [6.07, 6.45) is 2.88. The molecule has 0 bridgehead atoms. The molecule has 7 nitrogen and oxygen atoms in total. The summed E-state index contributed by atoms with van der Waals surface area (Å²) in [4.78, 5) is 12.8. The zero-order chi connectivity index (χ0) is 19.5. The number of hydrogen-bond acceptors (Lipinski definition) is 5. The average Bonchev–Trinajstić information content (AvgIpc) is 2.56. The number of anilines is 1. The van der Waals surface area contributed by atoms with Crippen molar-refractivity contribution >= 4 is 31.5 Å². The second kappa shape index (κ2) is 8.06. The first kappa shape index (κ1) is 20.9. The molecule has 146 valence electrons. The molecule has 0 saturated carbocycles. The molecule has 0 aliphatic carbocycles. The number of sulfonamides is 1. The minimum Gasteiger partial charge on any atom is -0.326 e. The Kier molecular flexibility index (Phi) is 6.46. The molecule has 0 aromatic heterocycles. The highest BCUT2D eigenvalue weighted by Gasteiger charge is 2.32. The van der Waals surface area contributed by atoms with Crippen LogP contribution in [0.3, 0.4) is 0 Å². The van der Waals surface area contributed by atoms with Gasteiger partial charge in [-0.2, -0.15) is 0 Å². The number of rotatable bonds is 6. The van der Waals surface area contributed by atoms with Gasteiger partial charge in [0.15, 0.2) is 9.84 Å². The highest BCUT2D eigenvalue weighted by molar-refractivity contribution is 7.90. The molecule has 1 N–H and O–H groups in total. The molecule has 1 saturated heterocycles. The Bertz CT molecular complexity index is 878. The standard InChI is InChI=1S/C17H26N2O5S2/c1-4-10-26(23,24)19-9-5-6-14(12-19)17(20)18-16-11-15(25(3,21)22)8-7-13(16)2/h7-8,11,14H,4-6,9-10,12H2,1-3H3,(H,18,20). The fourth-order valence-electron chi connectivity index (χ4n) is 3.00. The first-order valence-corrected chi connectivity index (χ1v) is 12.1. The molecule has 9 heteroatoms. The summed E-state index contributed by atoms with van der Waals surface area (Å²) in [7, 11) is -6.71. The molecule has 26 heavy (non-hydrogen) atoms. The Morgan fingerprint density at radius 3 is 2.58 bits per heavy atom. The van der Waals surface area contributed by atoms with Gasteiger partial charge in [-0.05, 0) is 43.9 Å². The maximum Gasteiger partial charge on any atom is 0.228 e. The number of hydrogen-bond donors (Lipinski definition) is 1. The van der Waals surface area contributed by atoms with E-state index in [9.17, 15) is 21.6 Å². The van der Waals surface area contributed by atoms with Gasteiger partial charge in [0.1, 0.15) is 0 Å². The normalized spacial score (nSPS) is 19.3. The summed E-state index contributed by atoms with van der Waals surface area (Å²) >= 11 is 0. The van der Waals surface area contributed by atoms with E-state index in [-0.39, 0.29) is 23.1 Å². The number of amides is 1. The van der Waals surface area contributed by atoms with Crippen LogP contribution in [-0.4, -0.2) is 52.1 Å². The van der Waals surface area contributed by atoms with Gasteiger partial charge in [0.25, 0.3) is 0 Å². The van der Waals surface area contributed by atoms with Crippen LogP contribution in [0.25, 0.3) is 0 Å². The molecule has 1 atom stereocenters. The van der Waals surface area contributed by atoms with E-state index in [1.54, 1.807) is 13.0 Å². The molecule has 1 amide bonds. The zero-order valence-corrected chi connectivity index (χ0v) is 17.0. The fourth-order valence-corrected chi connectivity index (χ4v) is 5.23. The number of nitrogens with one attached hydrogen (secondary N) is 1. The first-order chi connectivity index (χ1) is 12.0. The van der Waals surface area contributed by atoms with Crippen LogP contribution in [0.1, 0.15) is 31.7 Å². The van der Waals surface area contributed by atoms with Crippen LogP contribution in [0, 0.1) is 12.8 Å². The van der Waals surface area contributed by atoms with E-state index in [4.69, 9.17) is 0 Å². The Balaban J connectivity index is 2.15. The van der Waals surface area contributed by atoms with Gasteiger partial charge in [-0.1, -0.05) is 13.0 Å². The Morgan fingerprint density at radius 2 is 1.96 bits per heavy atom. The molecular weight excluding hydrogens is 376 g/mol. The van der Waals surface area contributed by atoms with Crippen molar-refractivity contribution in [3.05, 3.63) is 23.8 Å². The van der Waals surface area contributed by atoms with Gasteiger partial charge in [-0.25, -0.2) is 21.1 Å². The van der Waals surface area contributed by atoms with E-state index in [0.29, 0.717) is 31.5 Å². The fraction of sp³-hybridized carbons (Fsp3) is 0.588. The summed E-state index contributed by atoms with van der Waals surface area (Å²) in [6, 6.07) is 4.59. The van der Waals surface area contributed by atoms with Crippen molar-refractivity contribution < 1.29 is 21.6 Å². The molecule has 2 rings (SSSR count). The number of sulfone groups is 1. The number of piperidine rings is 1. The van der Waals surface area contributed by atoms with Gasteiger partial charge in [-0.15, -0.1) is 0 Å². The molecule has 0 radical (unpaired) electrons. The number of carbonyl (C=O) groups is 1. The van der Waals surface area contributed by atoms with Crippen LogP contribution in [0.4, 0.5) is 5.69 Å². The van der Waals surface area contributed by atoms with Crippen LogP contribution in [0.5, 0.6) is 0 Å². The lowest BCUT2D eigenvalue weighted by Gasteiger charge is -2.31. The number of aryl methyl sites for hydroxylation is 1. The zero-order valence-electron chi connectivity index (χ0n) is 15.4. The van der Waals surface area contributed by atoms with E-state index >= 15 is 0 Å². The molecule has 1 aliphatic heterocycles. The molecule has 1 fully saturated rings. The average molecular weight is 403 g/mol. The highest BCUT2D eigenvalue weighted by atomic mass is 32.2. The van der Waals surface area contributed by atoms with Crippen molar-refractivity contribution in [1.82, 2.24) is 4.31 Å². The summed E-state index contributed by atoms with van der Waals surface area (Å²) in [5, 5.41) is 2.77. The van der Waals surface area contributed by atoms with E-state index < -0.39 is 25.8 Å². The minimum absolute atomic E-state index is 0.0802. The van der Waals surface area contributed by atoms with Crippen LogP contribution < -0.4 is 5.32 Å². The lowest BCUT2D eigenvalue weighted by molar-refractivity contribution is -0.120. The van der Waals surface area contributed by atoms with Crippen molar-refractivity contribution in [2.75, 3.05) is 30.4 Å². The largest absolute Gasteiger partial charge is 0.326 e. The molecule has 0 spiro atoms. The van der Waals surface area contributed by atoms with Crippen molar-refractivity contribution in [3.63, 3.8) is 0 Å². The van der Waals surface area contributed by atoms with E-state index in [0.717, 1.165) is 11.8 Å². The van der Waals surface area contributed by atoms with Crippen LogP contribution in [0.2, 0.25) is 0 Å². The van der Waals surface area contributed by atoms with Gasteiger partial charge in [0.2, 0.25) is 15.9 Å². The summed E-state index contributed by atoms with van der Waals surface area (Å²) in [6.45, 7) is 4.19. The molecule has 1 aromatic carbocycles. The van der Waals surface area contributed by atoms with Crippen molar-refractivity contribution in [3.8, 4) is 0 Å². The quantitative estimate of drug-likeness (QED) is 0.782. The summed E-state index contributed by atoms with van der Waals surface area (Å²) in [5.41, 5.74) is 1.18. The maximum atomic E-state index is 12.6. The van der Waals surface area contributed by atoms with Gasteiger partial charge in [-0.3, -0.25) is 4.79 Å². The van der Waals surface area contributed by atoms with Crippen LogP contribution in [-0.2, 0) is 24.7 Å². The van der Waals surface area contributed by atoms with Gasteiger partial charge in [0.05, 0.1) is 16.6 Å².